The number of nitrogens with zero attached hydrogens (tertiary/aromatic N) is 3. The van der Waals surface area contributed by atoms with E-state index in [0.717, 1.165) is 11.2 Å². The van der Waals surface area contributed by atoms with E-state index in [2.05, 4.69) is 15.5 Å². The van der Waals surface area contributed by atoms with Gasteiger partial charge in [-0.2, -0.15) is 4.80 Å². The van der Waals surface area contributed by atoms with Crippen LogP contribution in [0.25, 0.3) is 16.7 Å². The molecule has 4 rings (SSSR count). The maximum absolute atomic E-state index is 12.6. The van der Waals surface area contributed by atoms with Gasteiger partial charge >= 0.3 is 0 Å². The molecule has 3 aromatic carbocycles. The molecule has 0 fully saturated rings. The second-order valence-corrected chi connectivity index (χ2v) is 6.08. The Morgan fingerprint density at radius 3 is 2.21 bits per heavy atom. The van der Waals surface area contributed by atoms with E-state index in [1.54, 1.807) is 49.3 Å². The first-order chi connectivity index (χ1) is 13.7. The van der Waals surface area contributed by atoms with Crippen molar-refractivity contribution in [2.45, 2.75) is 0 Å². The van der Waals surface area contributed by atoms with Gasteiger partial charge in [-0.05, 0) is 42.5 Å². The summed E-state index contributed by atoms with van der Waals surface area (Å²) in [5.41, 5.74) is 3.35. The second-order valence-electron chi connectivity index (χ2n) is 6.08. The first-order valence-electron chi connectivity index (χ1n) is 8.63. The number of hydrogen-bond acceptors (Lipinski definition) is 5. The first-order valence-corrected chi connectivity index (χ1v) is 8.63. The standard InChI is InChI=1S/C21H18N4O3/c1-27-17-10-14(11-18(13-17)28-2)21(26)22-15-8-9-19-20(12-15)24-25(23-19)16-6-4-3-5-7-16/h3-13H,1-2H3,(H,22,26). The predicted molar refractivity (Wildman–Crippen MR) is 106 cm³/mol. The maximum atomic E-state index is 12.6. The Bertz CT molecular complexity index is 1120. The summed E-state index contributed by atoms with van der Waals surface area (Å²) in [6.07, 6.45) is 0. The molecule has 7 nitrogen and oxygen atoms in total. The van der Waals surface area contributed by atoms with Crippen molar-refractivity contribution in [3.8, 4) is 17.2 Å². The Morgan fingerprint density at radius 2 is 1.54 bits per heavy atom. The molecule has 0 atom stereocenters. The van der Waals surface area contributed by atoms with Crippen molar-refractivity contribution in [3.63, 3.8) is 0 Å². The highest BCUT2D eigenvalue weighted by Gasteiger charge is 2.12. The summed E-state index contributed by atoms with van der Waals surface area (Å²) in [5.74, 6) is 0.823. The number of ether oxygens (including phenoxy) is 2. The van der Waals surface area contributed by atoms with Gasteiger partial charge in [-0.25, -0.2) is 0 Å². The van der Waals surface area contributed by atoms with Crippen LogP contribution in [-0.4, -0.2) is 35.1 Å². The number of hydrogen-bond donors (Lipinski definition) is 1. The lowest BCUT2D eigenvalue weighted by molar-refractivity contribution is 0.102. The van der Waals surface area contributed by atoms with Crippen molar-refractivity contribution < 1.29 is 14.3 Å². The van der Waals surface area contributed by atoms with Crippen LogP contribution in [0.5, 0.6) is 11.5 Å². The fraction of sp³-hybridized carbons (Fsp3) is 0.0952. The van der Waals surface area contributed by atoms with Crippen LogP contribution >= 0.6 is 0 Å². The van der Waals surface area contributed by atoms with E-state index < -0.39 is 0 Å². The molecule has 0 aliphatic heterocycles. The SMILES string of the molecule is COc1cc(OC)cc(C(=O)Nc2ccc3nn(-c4ccccc4)nc3c2)c1. The van der Waals surface area contributed by atoms with Gasteiger partial charge in [-0.1, -0.05) is 18.2 Å². The summed E-state index contributed by atoms with van der Waals surface area (Å²) in [6.45, 7) is 0. The molecule has 0 spiro atoms. The summed E-state index contributed by atoms with van der Waals surface area (Å²) in [5, 5.41) is 11.8. The van der Waals surface area contributed by atoms with E-state index in [9.17, 15) is 4.79 Å². The zero-order valence-electron chi connectivity index (χ0n) is 15.4. The number of carbonyl (C=O) groups excluding carboxylic acids is 1. The number of amides is 1. The largest absolute Gasteiger partial charge is 0.497 e. The molecule has 1 N–H and O–H groups in total. The van der Waals surface area contributed by atoms with Crippen LogP contribution in [0.15, 0.2) is 66.7 Å². The molecule has 0 unspecified atom stereocenters. The van der Waals surface area contributed by atoms with Gasteiger partial charge in [-0.3, -0.25) is 4.79 Å². The quantitative estimate of drug-likeness (QED) is 0.576. The van der Waals surface area contributed by atoms with Crippen molar-refractivity contribution >= 4 is 22.6 Å². The lowest BCUT2D eigenvalue weighted by atomic mass is 10.1. The number of anilines is 1. The smallest absolute Gasteiger partial charge is 0.255 e. The monoisotopic (exact) mass is 374 g/mol. The van der Waals surface area contributed by atoms with Crippen molar-refractivity contribution in [1.82, 2.24) is 15.0 Å². The topological polar surface area (TPSA) is 78.3 Å². The van der Waals surface area contributed by atoms with Crippen molar-refractivity contribution in [2.24, 2.45) is 0 Å². The van der Waals surface area contributed by atoms with E-state index in [4.69, 9.17) is 9.47 Å². The zero-order chi connectivity index (χ0) is 19.5. The van der Waals surface area contributed by atoms with E-state index in [1.165, 1.54) is 0 Å². The molecule has 4 aromatic rings. The van der Waals surface area contributed by atoms with Gasteiger partial charge in [0, 0.05) is 17.3 Å². The highest BCUT2D eigenvalue weighted by atomic mass is 16.5. The average molecular weight is 374 g/mol. The van der Waals surface area contributed by atoms with Crippen molar-refractivity contribution in [3.05, 3.63) is 72.3 Å². The van der Waals surface area contributed by atoms with E-state index in [0.29, 0.717) is 28.3 Å². The molecule has 0 aliphatic carbocycles. The minimum Gasteiger partial charge on any atom is -0.497 e. The summed E-state index contributed by atoms with van der Waals surface area (Å²) in [4.78, 5) is 14.2. The van der Waals surface area contributed by atoms with Crippen molar-refractivity contribution in [2.75, 3.05) is 19.5 Å². The van der Waals surface area contributed by atoms with Gasteiger partial charge in [0.15, 0.2) is 0 Å². The summed E-state index contributed by atoms with van der Waals surface area (Å²) in [6, 6.07) is 20.1. The Hall–Kier alpha value is -3.87. The lowest BCUT2D eigenvalue weighted by Gasteiger charge is -2.09. The van der Waals surface area contributed by atoms with Crippen LogP contribution in [0.4, 0.5) is 5.69 Å². The number of fused-ring (bicyclic) bond motifs is 1. The number of rotatable bonds is 5. The third-order valence-corrected chi connectivity index (χ3v) is 4.24. The van der Waals surface area contributed by atoms with Gasteiger partial charge in [0.25, 0.3) is 5.91 Å². The van der Waals surface area contributed by atoms with Crippen LogP contribution in [0, 0.1) is 0 Å². The van der Waals surface area contributed by atoms with Gasteiger partial charge in [0.1, 0.15) is 22.5 Å². The molecular formula is C21H18N4O3. The van der Waals surface area contributed by atoms with Crippen LogP contribution in [0.3, 0.4) is 0 Å². The second kappa shape index (κ2) is 7.40. The molecule has 1 amide bonds. The minimum atomic E-state index is -0.271. The van der Waals surface area contributed by atoms with E-state index in [1.807, 2.05) is 36.4 Å². The first kappa shape index (κ1) is 17.5. The van der Waals surface area contributed by atoms with Gasteiger partial charge in [-0.15, -0.1) is 10.2 Å². The number of nitrogens with one attached hydrogen (secondary N) is 1. The summed E-state index contributed by atoms with van der Waals surface area (Å²) >= 11 is 0. The Morgan fingerprint density at radius 1 is 0.857 bits per heavy atom. The molecule has 0 bridgehead atoms. The van der Waals surface area contributed by atoms with Crippen LogP contribution < -0.4 is 14.8 Å². The molecular weight excluding hydrogens is 356 g/mol. The third-order valence-electron chi connectivity index (χ3n) is 4.24. The molecule has 1 heterocycles. The number of methoxy groups -OCH3 is 2. The highest BCUT2D eigenvalue weighted by molar-refractivity contribution is 6.05. The average Bonchev–Trinajstić information content (AvgIpc) is 3.17. The molecule has 0 aliphatic rings. The van der Waals surface area contributed by atoms with E-state index >= 15 is 0 Å². The van der Waals surface area contributed by atoms with Crippen LogP contribution in [-0.2, 0) is 0 Å². The van der Waals surface area contributed by atoms with Crippen LogP contribution in [0.2, 0.25) is 0 Å². The molecule has 7 heteroatoms. The number of aromatic nitrogens is 3. The fourth-order valence-corrected chi connectivity index (χ4v) is 2.81. The Kier molecular flexibility index (Phi) is 4.63. The predicted octanol–water partition coefficient (Wildman–Crippen LogP) is 3.69. The molecule has 0 saturated carbocycles. The van der Waals surface area contributed by atoms with Gasteiger partial charge < -0.3 is 14.8 Å². The molecule has 1 aromatic heterocycles. The number of carbonyl (C=O) groups is 1. The molecule has 0 saturated heterocycles. The van der Waals surface area contributed by atoms with Gasteiger partial charge in [0.05, 0.1) is 19.9 Å². The van der Waals surface area contributed by atoms with E-state index in [-0.39, 0.29) is 5.91 Å². The molecule has 140 valence electrons. The fourth-order valence-electron chi connectivity index (χ4n) is 2.81. The summed E-state index contributed by atoms with van der Waals surface area (Å²) in [7, 11) is 3.08. The van der Waals surface area contributed by atoms with Gasteiger partial charge in [0.2, 0.25) is 0 Å². The molecule has 0 radical (unpaired) electrons. The summed E-state index contributed by atoms with van der Waals surface area (Å²) < 4.78 is 10.4. The Balaban J connectivity index is 1.60. The third kappa shape index (κ3) is 3.50. The molecule has 28 heavy (non-hydrogen) atoms. The normalized spacial score (nSPS) is 10.6. The zero-order valence-corrected chi connectivity index (χ0v) is 15.4. The minimum absolute atomic E-state index is 0.271. The van der Waals surface area contributed by atoms with Crippen LogP contribution in [0.1, 0.15) is 10.4 Å². The highest BCUT2D eigenvalue weighted by Crippen LogP contribution is 2.24. The van der Waals surface area contributed by atoms with Crippen molar-refractivity contribution in [1.29, 1.82) is 0 Å². The Labute approximate surface area is 161 Å². The maximum Gasteiger partial charge on any atom is 0.255 e. The number of para-hydroxylation sites is 1. The number of benzene rings is 3. The lowest BCUT2D eigenvalue weighted by Crippen LogP contribution is -2.12.